The SMILES string of the molecule is COc1ccc(S(=O)(=O)N(C)C)cc1NC(=O)c1sc2ccccc2c1C. The summed E-state index contributed by atoms with van der Waals surface area (Å²) < 4.78 is 32.2. The predicted octanol–water partition coefficient (Wildman–Crippen LogP) is 3.72. The van der Waals surface area contributed by atoms with Crippen LogP contribution in [0, 0.1) is 6.92 Å². The molecule has 2 aromatic carbocycles. The number of thiophene rings is 1. The fraction of sp³-hybridized carbons (Fsp3) is 0.211. The van der Waals surface area contributed by atoms with E-state index < -0.39 is 10.0 Å². The molecule has 142 valence electrons. The van der Waals surface area contributed by atoms with Gasteiger partial charge in [0.25, 0.3) is 5.91 Å². The minimum absolute atomic E-state index is 0.0802. The van der Waals surface area contributed by atoms with Crippen LogP contribution in [0.1, 0.15) is 15.2 Å². The number of carbonyl (C=O) groups excluding carboxylic acids is 1. The van der Waals surface area contributed by atoms with Crippen LogP contribution in [0.15, 0.2) is 47.4 Å². The van der Waals surface area contributed by atoms with Gasteiger partial charge in [-0.25, -0.2) is 12.7 Å². The number of anilines is 1. The van der Waals surface area contributed by atoms with Crippen molar-refractivity contribution in [2.45, 2.75) is 11.8 Å². The molecule has 0 aliphatic carbocycles. The molecular formula is C19H20N2O4S2. The van der Waals surface area contributed by atoms with E-state index in [-0.39, 0.29) is 10.8 Å². The molecule has 3 aromatic rings. The van der Waals surface area contributed by atoms with E-state index >= 15 is 0 Å². The van der Waals surface area contributed by atoms with E-state index in [9.17, 15) is 13.2 Å². The molecule has 0 radical (unpaired) electrons. The van der Waals surface area contributed by atoms with E-state index in [1.807, 2.05) is 31.2 Å². The number of hydrogen-bond acceptors (Lipinski definition) is 5. The molecule has 0 unspecified atom stereocenters. The molecule has 1 aromatic heterocycles. The highest BCUT2D eigenvalue weighted by molar-refractivity contribution is 7.89. The second kappa shape index (κ2) is 7.30. The topological polar surface area (TPSA) is 75.7 Å². The molecule has 0 saturated carbocycles. The lowest BCUT2D eigenvalue weighted by Crippen LogP contribution is -2.22. The highest BCUT2D eigenvalue weighted by Gasteiger charge is 2.21. The van der Waals surface area contributed by atoms with E-state index in [0.717, 1.165) is 20.0 Å². The standard InChI is InChI=1S/C19H20N2O4S2/c1-12-14-7-5-6-8-17(14)26-18(12)19(22)20-15-11-13(9-10-16(15)25-4)27(23,24)21(2)3/h5-11H,1-4H3,(H,20,22). The van der Waals surface area contributed by atoms with Gasteiger partial charge in [0.2, 0.25) is 10.0 Å². The highest BCUT2D eigenvalue weighted by Crippen LogP contribution is 2.33. The van der Waals surface area contributed by atoms with Crippen LogP contribution < -0.4 is 10.1 Å². The Morgan fingerprint density at radius 2 is 1.85 bits per heavy atom. The van der Waals surface area contributed by atoms with Gasteiger partial charge in [0.15, 0.2) is 0 Å². The third-order valence-electron chi connectivity index (χ3n) is 4.25. The van der Waals surface area contributed by atoms with E-state index in [2.05, 4.69) is 5.32 Å². The van der Waals surface area contributed by atoms with Crippen LogP contribution in [-0.2, 0) is 10.0 Å². The summed E-state index contributed by atoms with van der Waals surface area (Å²) in [5, 5.41) is 3.83. The molecule has 0 aliphatic heterocycles. The second-order valence-corrected chi connectivity index (χ2v) is 9.36. The average molecular weight is 405 g/mol. The van der Waals surface area contributed by atoms with Gasteiger partial charge in [-0.1, -0.05) is 18.2 Å². The fourth-order valence-corrected chi connectivity index (χ4v) is 4.76. The van der Waals surface area contributed by atoms with Crippen molar-refractivity contribution in [3.63, 3.8) is 0 Å². The van der Waals surface area contributed by atoms with Gasteiger partial charge in [-0.3, -0.25) is 4.79 Å². The van der Waals surface area contributed by atoms with Crippen molar-refractivity contribution < 1.29 is 17.9 Å². The molecule has 0 saturated heterocycles. The minimum Gasteiger partial charge on any atom is -0.495 e. The van der Waals surface area contributed by atoms with Crippen molar-refractivity contribution in [1.29, 1.82) is 0 Å². The van der Waals surface area contributed by atoms with Gasteiger partial charge in [-0.2, -0.15) is 0 Å². The number of amides is 1. The fourth-order valence-electron chi connectivity index (χ4n) is 2.73. The summed E-state index contributed by atoms with van der Waals surface area (Å²) in [5.41, 5.74) is 1.20. The lowest BCUT2D eigenvalue weighted by atomic mass is 10.1. The molecule has 3 rings (SSSR count). The van der Waals surface area contributed by atoms with Crippen molar-refractivity contribution in [2.24, 2.45) is 0 Å². The number of aryl methyl sites for hydroxylation is 1. The largest absolute Gasteiger partial charge is 0.495 e. The Kier molecular flexibility index (Phi) is 5.23. The zero-order valence-corrected chi connectivity index (χ0v) is 17.1. The van der Waals surface area contributed by atoms with E-state index in [4.69, 9.17) is 4.74 Å². The molecule has 0 bridgehead atoms. The van der Waals surface area contributed by atoms with Crippen molar-refractivity contribution in [1.82, 2.24) is 4.31 Å². The number of benzene rings is 2. The first-order valence-corrected chi connectivity index (χ1v) is 10.4. The summed E-state index contributed by atoms with van der Waals surface area (Å²) in [5.74, 6) is 0.0891. The van der Waals surface area contributed by atoms with Gasteiger partial charge in [-0.15, -0.1) is 11.3 Å². The average Bonchev–Trinajstić information content (AvgIpc) is 2.98. The first-order chi connectivity index (χ1) is 12.8. The maximum absolute atomic E-state index is 12.9. The van der Waals surface area contributed by atoms with Gasteiger partial charge in [0, 0.05) is 18.8 Å². The number of methoxy groups -OCH3 is 1. The van der Waals surface area contributed by atoms with Gasteiger partial charge in [0.1, 0.15) is 5.75 Å². The number of rotatable bonds is 5. The monoisotopic (exact) mass is 404 g/mol. The molecule has 8 heteroatoms. The number of sulfonamides is 1. The Hall–Kier alpha value is -2.42. The highest BCUT2D eigenvalue weighted by atomic mass is 32.2. The summed E-state index contributed by atoms with van der Waals surface area (Å²) in [6, 6.07) is 12.2. The molecule has 0 fully saturated rings. The normalized spacial score (nSPS) is 11.7. The van der Waals surface area contributed by atoms with Crippen LogP contribution in [-0.4, -0.2) is 39.8 Å². The molecule has 6 nitrogen and oxygen atoms in total. The van der Waals surface area contributed by atoms with E-state index in [0.29, 0.717) is 16.3 Å². The summed E-state index contributed by atoms with van der Waals surface area (Å²) in [6.45, 7) is 1.90. The van der Waals surface area contributed by atoms with Crippen LogP contribution in [0.3, 0.4) is 0 Å². The quantitative estimate of drug-likeness (QED) is 0.703. The van der Waals surface area contributed by atoms with Crippen molar-refractivity contribution in [3.8, 4) is 5.75 Å². The Bertz CT molecular complexity index is 1120. The summed E-state index contributed by atoms with van der Waals surface area (Å²) in [4.78, 5) is 13.5. The molecule has 1 amide bonds. The molecule has 0 atom stereocenters. The van der Waals surface area contributed by atoms with Crippen LogP contribution in [0.5, 0.6) is 5.75 Å². The molecule has 1 N–H and O–H groups in total. The van der Waals surface area contributed by atoms with E-state index in [1.54, 1.807) is 0 Å². The summed E-state index contributed by atoms with van der Waals surface area (Å²) in [6.07, 6.45) is 0. The summed E-state index contributed by atoms with van der Waals surface area (Å²) >= 11 is 1.40. The van der Waals surface area contributed by atoms with Crippen molar-refractivity contribution >= 4 is 43.0 Å². The first-order valence-electron chi connectivity index (χ1n) is 8.15. The summed E-state index contributed by atoms with van der Waals surface area (Å²) in [7, 11) is 0.757. The molecule has 0 spiro atoms. The minimum atomic E-state index is -3.62. The molecule has 27 heavy (non-hydrogen) atoms. The number of ether oxygens (including phenoxy) is 1. The van der Waals surface area contributed by atoms with Gasteiger partial charge in [0.05, 0.1) is 22.6 Å². The second-order valence-electron chi connectivity index (χ2n) is 6.16. The third kappa shape index (κ3) is 3.55. The molecular weight excluding hydrogens is 384 g/mol. The van der Waals surface area contributed by atoms with Gasteiger partial charge < -0.3 is 10.1 Å². The Morgan fingerprint density at radius 3 is 2.48 bits per heavy atom. The molecule has 0 aliphatic rings. The van der Waals surface area contributed by atoms with Crippen LogP contribution in [0.2, 0.25) is 0 Å². The zero-order chi connectivity index (χ0) is 19.8. The van der Waals surface area contributed by atoms with Gasteiger partial charge in [-0.05, 0) is 42.1 Å². The van der Waals surface area contributed by atoms with Crippen molar-refractivity contribution in [3.05, 3.63) is 52.9 Å². The number of carbonyl (C=O) groups is 1. The Morgan fingerprint density at radius 1 is 1.15 bits per heavy atom. The number of fused-ring (bicyclic) bond motifs is 1. The Balaban J connectivity index is 2.00. The lowest BCUT2D eigenvalue weighted by molar-refractivity contribution is 0.102. The predicted molar refractivity (Wildman–Crippen MR) is 108 cm³/mol. The van der Waals surface area contributed by atoms with Crippen LogP contribution in [0.25, 0.3) is 10.1 Å². The molecule has 1 heterocycles. The third-order valence-corrected chi connectivity index (χ3v) is 7.33. The van der Waals surface area contributed by atoms with Crippen molar-refractivity contribution in [2.75, 3.05) is 26.5 Å². The number of hydrogen-bond donors (Lipinski definition) is 1. The van der Waals surface area contributed by atoms with Crippen LogP contribution >= 0.6 is 11.3 Å². The lowest BCUT2D eigenvalue weighted by Gasteiger charge is -2.15. The Labute approximate surface area is 162 Å². The first kappa shape index (κ1) is 19.3. The van der Waals surface area contributed by atoms with E-state index in [1.165, 1.54) is 50.7 Å². The maximum atomic E-state index is 12.9. The maximum Gasteiger partial charge on any atom is 0.266 e. The number of nitrogens with one attached hydrogen (secondary N) is 1. The smallest absolute Gasteiger partial charge is 0.266 e. The zero-order valence-electron chi connectivity index (χ0n) is 15.4. The van der Waals surface area contributed by atoms with Crippen LogP contribution in [0.4, 0.5) is 5.69 Å². The number of nitrogens with zero attached hydrogens (tertiary/aromatic N) is 1. The van der Waals surface area contributed by atoms with Gasteiger partial charge >= 0.3 is 0 Å².